The maximum atomic E-state index is 10.4. The van der Waals surface area contributed by atoms with Crippen LogP contribution in [0.4, 0.5) is 0 Å². The van der Waals surface area contributed by atoms with Gasteiger partial charge in [-0.25, -0.2) is 0 Å². The fourth-order valence-corrected chi connectivity index (χ4v) is 1.00. The van der Waals surface area contributed by atoms with E-state index in [0.29, 0.717) is 0 Å². The molecule has 6 nitrogen and oxygen atoms in total. The normalized spacial score (nSPS) is 32.4. The third-order valence-electron chi connectivity index (χ3n) is 1.78. The number of allylic oxidation sites excluding steroid dienone is 1. The van der Waals surface area contributed by atoms with Crippen molar-refractivity contribution in [3.63, 3.8) is 0 Å². The first-order valence-corrected chi connectivity index (χ1v) is 3.43. The van der Waals surface area contributed by atoms with Crippen molar-refractivity contribution < 1.29 is 19.9 Å². The van der Waals surface area contributed by atoms with Gasteiger partial charge in [-0.2, -0.15) is 0 Å². The number of aliphatic hydroxyl groups is 2. The predicted octanol–water partition coefficient (Wildman–Crippen LogP) is -0.222. The minimum atomic E-state index is -2.44. The van der Waals surface area contributed by atoms with Gasteiger partial charge in [0, 0.05) is 6.08 Å². The summed E-state index contributed by atoms with van der Waals surface area (Å²) in [6.07, 6.45) is 2.89. The average molecular weight is 185 g/mol. The molecule has 0 fully saturated rings. The van der Waals surface area contributed by atoms with E-state index in [-0.39, 0.29) is 12.0 Å². The number of aldehydes is 1. The van der Waals surface area contributed by atoms with E-state index in [9.17, 15) is 20.0 Å². The molecule has 2 atom stereocenters. The van der Waals surface area contributed by atoms with Gasteiger partial charge < -0.3 is 15.0 Å². The van der Waals surface area contributed by atoms with Gasteiger partial charge in [-0.1, -0.05) is 0 Å². The maximum Gasteiger partial charge on any atom is 0.355 e. The van der Waals surface area contributed by atoms with Crippen molar-refractivity contribution in [2.45, 2.75) is 5.72 Å². The van der Waals surface area contributed by atoms with Gasteiger partial charge in [0.1, 0.15) is 18.0 Å². The lowest BCUT2D eigenvalue weighted by molar-refractivity contribution is -0.613. The number of nitro groups is 1. The van der Waals surface area contributed by atoms with Crippen molar-refractivity contribution in [1.29, 1.82) is 0 Å². The molecule has 0 amide bonds. The number of aliphatic hydroxyl groups excluding tert-OH is 1. The highest BCUT2D eigenvalue weighted by atomic mass is 16.7. The standard InChI is InChI=1S/C7H7NO5/c9-4-5-3-6(10)1-2-7(5,11)8(12)13/h1-5,10-11H. The summed E-state index contributed by atoms with van der Waals surface area (Å²) >= 11 is 0. The fourth-order valence-electron chi connectivity index (χ4n) is 1.00. The van der Waals surface area contributed by atoms with Gasteiger partial charge in [-0.05, 0) is 12.2 Å². The maximum absolute atomic E-state index is 10.4. The molecule has 1 aliphatic rings. The first-order valence-electron chi connectivity index (χ1n) is 3.43. The molecule has 13 heavy (non-hydrogen) atoms. The highest BCUT2D eigenvalue weighted by molar-refractivity contribution is 5.60. The van der Waals surface area contributed by atoms with E-state index in [4.69, 9.17) is 5.11 Å². The quantitative estimate of drug-likeness (QED) is 0.268. The summed E-state index contributed by atoms with van der Waals surface area (Å²) in [6.45, 7) is 0. The minimum Gasteiger partial charge on any atom is -0.508 e. The molecule has 0 bridgehead atoms. The number of nitrogens with zero attached hydrogens (tertiary/aromatic N) is 1. The Kier molecular flexibility index (Phi) is 2.16. The van der Waals surface area contributed by atoms with Gasteiger partial charge >= 0.3 is 5.72 Å². The number of hydrogen-bond donors (Lipinski definition) is 2. The molecular formula is C7H7NO5. The summed E-state index contributed by atoms with van der Waals surface area (Å²) in [5.41, 5.74) is -2.44. The molecule has 2 unspecified atom stereocenters. The van der Waals surface area contributed by atoms with Crippen LogP contribution < -0.4 is 0 Å². The third kappa shape index (κ3) is 1.43. The molecule has 2 N–H and O–H groups in total. The van der Waals surface area contributed by atoms with Crippen LogP contribution in [0.5, 0.6) is 0 Å². The number of rotatable bonds is 2. The van der Waals surface area contributed by atoms with Crippen molar-refractivity contribution in [2.75, 3.05) is 0 Å². The Balaban J connectivity index is 3.08. The van der Waals surface area contributed by atoms with Gasteiger partial charge in [0.15, 0.2) is 0 Å². The van der Waals surface area contributed by atoms with Crippen LogP contribution in [0, 0.1) is 16.0 Å². The van der Waals surface area contributed by atoms with Crippen LogP contribution in [0.15, 0.2) is 24.0 Å². The average Bonchev–Trinajstić information content (AvgIpc) is 2.09. The predicted molar refractivity (Wildman–Crippen MR) is 41.4 cm³/mol. The zero-order chi connectivity index (χ0) is 10.1. The van der Waals surface area contributed by atoms with Crippen LogP contribution in [0.3, 0.4) is 0 Å². The SMILES string of the molecule is O=CC1C=C(O)C=CC1(O)[N+](=O)[O-]. The fraction of sp³-hybridized carbons (Fsp3) is 0.286. The van der Waals surface area contributed by atoms with Crippen molar-refractivity contribution in [2.24, 2.45) is 5.92 Å². The third-order valence-corrected chi connectivity index (χ3v) is 1.78. The Bertz CT molecular complexity index is 308. The van der Waals surface area contributed by atoms with Crippen LogP contribution in [0.25, 0.3) is 0 Å². The van der Waals surface area contributed by atoms with E-state index >= 15 is 0 Å². The Labute approximate surface area is 72.9 Å². The van der Waals surface area contributed by atoms with Crippen LogP contribution >= 0.6 is 0 Å². The van der Waals surface area contributed by atoms with Gasteiger partial charge in [0.25, 0.3) is 0 Å². The smallest absolute Gasteiger partial charge is 0.355 e. The molecule has 0 heterocycles. The summed E-state index contributed by atoms with van der Waals surface area (Å²) < 4.78 is 0. The Morgan fingerprint density at radius 3 is 2.77 bits per heavy atom. The summed E-state index contributed by atoms with van der Waals surface area (Å²) in [4.78, 5) is 19.8. The second-order valence-corrected chi connectivity index (χ2v) is 2.63. The van der Waals surface area contributed by atoms with E-state index in [0.717, 1.165) is 18.2 Å². The minimum absolute atomic E-state index is 0.211. The molecule has 0 aromatic heterocycles. The molecule has 70 valence electrons. The highest BCUT2D eigenvalue weighted by Gasteiger charge is 2.47. The summed E-state index contributed by atoms with van der Waals surface area (Å²) in [5, 5.41) is 28.6. The molecule has 0 radical (unpaired) electrons. The van der Waals surface area contributed by atoms with Crippen LogP contribution in [0.2, 0.25) is 0 Å². The topological polar surface area (TPSA) is 101 Å². The summed E-state index contributed by atoms with van der Waals surface area (Å²) in [5.74, 6) is -1.63. The number of carbonyl (C=O) groups excluding carboxylic acids is 1. The zero-order valence-electron chi connectivity index (χ0n) is 6.45. The van der Waals surface area contributed by atoms with Crippen LogP contribution in [-0.4, -0.2) is 27.1 Å². The molecule has 1 aliphatic carbocycles. The second kappa shape index (κ2) is 2.98. The van der Waals surface area contributed by atoms with E-state index in [1.807, 2.05) is 0 Å². The Hall–Kier alpha value is -1.69. The first kappa shape index (κ1) is 9.40. The lowest BCUT2D eigenvalue weighted by Crippen LogP contribution is -2.45. The van der Waals surface area contributed by atoms with E-state index in [1.54, 1.807) is 0 Å². The van der Waals surface area contributed by atoms with Gasteiger partial charge in [0.05, 0.1) is 4.92 Å². The Morgan fingerprint density at radius 1 is 1.69 bits per heavy atom. The molecule has 0 aromatic carbocycles. The van der Waals surface area contributed by atoms with Crippen molar-refractivity contribution >= 4 is 6.29 Å². The summed E-state index contributed by atoms with van der Waals surface area (Å²) in [6, 6.07) is 0. The molecule has 0 saturated heterocycles. The van der Waals surface area contributed by atoms with Gasteiger partial charge in [-0.15, -0.1) is 0 Å². The van der Waals surface area contributed by atoms with Crippen LogP contribution in [0.1, 0.15) is 0 Å². The molecule has 0 aromatic rings. The van der Waals surface area contributed by atoms with E-state index in [1.165, 1.54) is 0 Å². The van der Waals surface area contributed by atoms with Crippen molar-refractivity contribution in [3.05, 3.63) is 34.1 Å². The van der Waals surface area contributed by atoms with Crippen LogP contribution in [-0.2, 0) is 4.79 Å². The monoisotopic (exact) mass is 185 g/mol. The zero-order valence-corrected chi connectivity index (χ0v) is 6.45. The van der Waals surface area contributed by atoms with Crippen molar-refractivity contribution in [3.8, 4) is 0 Å². The van der Waals surface area contributed by atoms with E-state index < -0.39 is 16.6 Å². The first-order chi connectivity index (χ1) is 6.00. The second-order valence-electron chi connectivity index (χ2n) is 2.63. The molecule has 1 rings (SSSR count). The lowest BCUT2D eigenvalue weighted by atomic mass is 9.92. The van der Waals surface area contributed by atoms with Gasteiger partial charge in [0.2, 0.25) is 0 Å². The molecular weight excluding hydrogens is 178 g/mol. The summed E-state index contributed by atoms with van der Waals surface area (Å²) in [7, 11) is 0. The largest absolute Gasteiger partial charge is 0.508 e. The number of hydrogen-bond acceptors (Lipinski definition) is 5. The van der Waals surface area contributed by atoms with Gasteiger partial charge in [-0.3, -0.25) is 10.1 Å². The van der Waals surface area contributed by atoms with E-state index in [2.05, 4.69) is 0 Å². The Morgan fingerprint density at radius 2 is 2.31 bits per heavy atom. The number of carbonyl (C=O) groups is 1. The molecule has 0 aliphatic heterocycles. The van der Waals surface area contributed by atoms with Crippen molar-refractivity contribution in [1.82, 2.24) is 0 Å². The lowest BCUT2D eigenvalue weighted by Gasteiger charge is -2.21. The molecule has 0 spiro atoms. The molecule has 0 saturated carbocycles. The molecule has 6 heteroatoms. The highest BCUT2D eigenvalue weighted by Crippen LogP contribution is 2.25.